The Labute approximate surface area is 485 Å². The Kier molecular flexibility index (Phi) is 54.6. The zero-order chi connectivity index (χ0) is 57.9. The minimum absolute atomic E-state index is 0.0224. The fourth-order valence-electron chi connectivity index (χ4n) is 8.29. The third kappa shape index (κ3) is 58.6. The van der Waals surface area contributed by atoms with Crippen LogP contribution in [0.4, 0.5) is 0 Å². The fourth-order valence-corrected chi connectivity index (χ4v) is 9.02. The fraction of sp³-hybridized carbons (Fsp3) is 0.652. The number of allylic oxidation sites excluding steroid dienone is 21. The van der Waals surface area contributed by atoms with E-state index >= 15 is 0 Å². The van der Waals surface area contributed by atoms with Gasteiger partial charge in [0, 0.05) is 12.8 Å². The number of ether oxygens (including phenoxy) is 1. The first-order chi connectivity index (χ1) is 38.4. The van der Waals surface area contributed by atoms with Crippen molar-refractivity contribution >= 4 is 19.7 Å². The number of amides is 1. The minimum Gasteiger partial charge on any atom is -0.456 e. The van der Waals surface area contributed by atoms with Gasteiger partial charge in [0.05, 0.1) is 33.8 Å². The summed E-state index contributed by atoms with van der Waals surface area (Å²) in [6.45, 7) is 6.73. The molecule has 0 radical (unpaired) electrons. The van der Waals surface area contributed by atoms with Crippen molar-refractivity contribution in [1.82, 2.24) is 5.32 Å². The first-order valence-corrected chi connectivity index (χ1v) is 33.0. The molecule has 0 aromatic heterocycles. The summed E-state index contributed by atoms with van der Waals surface area (Å²) in [7, 11) is 1.44. The number of rotatable bonds is 55. The molecule has 3 atom stereocenters. The van der Waals surface area contributed by atoms with Gasteiger partial charge in [-0.2, -0.15) is 0 Å². The van der Waals surface area contributed by atoms with Crippen LogP contribution in [-0.4, -0.2) is 74.3 Å². The first-order valence-electron chi connectivity index (χ1n) is 31.5. The van der Waals surface area contributed by atoms with E-state index in [-0.39, 0.29) is 37.9 Å². The van der Waals surface area contributed by atoms with Crippen LogP contribution in [0.1, 0.15) is 239 Å². The van der Waals surface area contributed by atoms with Gasteiger partial charge in [-0.3, -0.25) is 18.6 Å². The lowest BCUT2D eigenvalue weighted by atomic mass is 10.0. The molecule has 3 unspecified atom stereocenters. The van der Waals surface area contributed by atoms with E-state index in [1.807, 2.05) is 33.3 Å². The van der Waals surface area contributed by atoms with Crippen LogP contribution in [0, 0.1) is 0 Å². The van der Waals surface area contributed by atoms with Crippen molar-refractivity contribution in [2.24, 2.45) is 0 Å². The van der Waals surface area contributed by atoms with Crippen LogP contribution in [0.2, 0.25) is 0 Å². The predicted octanol–water partition coefficient (Wildman–Crippen LogP) is 19.7. The molecule has 10 heteroatoms. The highest BCUT2D eigenvalue weighted by atomic mass is 31.2. The minimum atomic E-state index is -4.47. The van der Waals surface area contributed by atoms with E-state index in [9.17, 15) is 19.0 Å². The zero-order valence-corrected chi connectivity index (χ0v) is 52.2. The van der Waals surface area contributed by atoms with Gasteiger partial charge in [-0.1, -0.05) is 238 Å². The number of carbonyl (C=O) groups is 2. The number of quaternary nitrogens is 1. The van der Waals surface area contributed by atoms with E-state index in [1.54, 1.807) is 0 Å². The second-order valence-electron chi connectivity index (χ2n) is 21.8. The molecule has 9 nitrogen and oxygen atoms in total. The second-order valence-corrected chi connectivity index (χ2v) is 23.3. The Hall–Kier alpha value is -3.85. The summed E-state index contributed by atoms with van der Waals surface area (Å²) >= 11 is 0. The quantitative estimate of drug-likeness (QED) is 0.0205. The molecule has 0 spiro atoms. The summed E-state index contributed by atoms with van der Waals surface area (Å²) in [4.78, 5) is 37.8. The van der Waals surface area contributed by atoms with E-state index in [2.05, 4.69) is 148 Å². The van der Waals surface area contributed by atoms with E-state index in [4.69, 9.17) is 13.8 Å². The molecule has 0 saturated carbocycles. The number of carbonyl (C=O) groups excluding carboxylic acids is 2. The van der Waals surface area contributed by atoms with E-state index < -0.39 is 20.0 Å². The SMILES string of the molecule is CC/C=C\C/C=C\C/C=C\C/C=C\C/C=C\CCCCCCCC(=O)OC(/C=C/CCCCCCCCCCCCC)C(COP(=O)(O)OCC[N+](C)(C)C)NC(=O)CCCCC/C=C\C/C=C\C/C=C\C/C=C\C/C=C\CC. The smallest absolute Gasteiger partial charge is 0.456 e. The highest BCUT2D eigenvalue weighted by Gasteiger charge is 2.30. The summed E-state index contributed by atoms with van der Waals surface area (Å²) in [5.41, 5.74) is 0. The molecule has 0 aliphatic heterocycles. The van der Waals surface area contributed by atoms with Gasteiger partial charge in [0.15, 0.2) is 0 Å². The van der Waals surface area contributed by atoms with Gasteiger partial charge in [-0.15, -0.1) is 0 Å². The average Bonchev–Trinajstić information content (AvgIpc) is 3.41. The summed E-state index contributed by atoms with van der Waals surface area (Å²) in [6.07, 6.45) is 81.6. The molecule has 2 N–H and O–H groups in total. The molecule has 0 aromatic carbocycles. The molecule has 0 aliphatic rings. The zero-order valence-electron chi connectivity index (χ0n) is 51.3. The van der Waals surface area contributed by atoms with Crippen LogP contribution in [-0.2, 0) is 27.9 Å². The predicted molar refractivity (Wildman–Crippen MR) is 341 cm³/mol. The maximum atomic E-state index is 13.6. The molecule has 0 aromatic rings. The average molecular weight is 1120 g/mol. The number of phosphoric ester groups is 1. The van der Waals surface area contributed by atoms with Gasteiger partial charge in [-0.25, -0.2) is 4.57 Å². The molecule has 0 fully saturated rings. The van der Waals surface area contributed by atoms with Crippen molar-refractivity contribution < 1.29 is 37.3 Å². The summed E-state index contributed by atoms with van der Waals surface area (Å²) in [5.74, 6) is -0.574. The van der Waals surface area contributed by atoms with Crippen LogP contribution >= 0.6 is 7.82 Å². The number of nitrogens with zero attached hydrogens (tertiary/aromatic N) is 1. The van der Waals surface area contributed by atoms with Crippen LogP contribution in [0.25, 0.3) is 0 Å². The maximum Gasteiger partial charge on any atom is 0.472 e. The highest BCUT2D eigenvalue weighted by Crippen LogP contribution is 2.43. The van der Waals surface area contributed by atoms with Gasteiger partial charge < -0.3 is 19.4 Å². The van der Waals surface area contributed by atoms with Crippen LogP contribution in [0.3, 0.4) is 0 Å². The number of phosphoric acid groups is 1. The highest BCUT2D eigenvalue weighted by molar-refractivity contribution is 7.47. The normalized spacial score (nSPS) is 14.6. The lowest BCUT2D eigenvalue weighted by Crippen LogP contribution is -2.47. The second kappa shape index (κ2) is 57.4. The van der Waals surface area contributed by atoms with Gasteiger partial charge in [-0.05, 0) is 122 Å². The third-order valence-corrected chi connectivity index (χ3v) is 14.1. The van der Waals surface area contributed by atoms with Crippen molar-refractivity contribution in [3.05, 3.63) is 134 Å². The van der Waals surface area contributed by atoms with Crippen molar-refractivity contribution in [2.75, 3.05) is 40.9 Å². The topological polar surface area (TPSA) is 111 Å². The summed E-state index contributed by atoms with van der Waals surface area (Å²) < 4.78 is 30.7. The van der Waals surface area contributed by atoms with Gasteiger partial charge in [0.1, 0.15) is 19.3 Å². The molecule has 0 rings (SSSR count). The van der Waals surface area contributed by atoms with Gasteiger partial charge >= 0.3 is 13.8 Å². The van der Waals surface area contributed by atoms with Crippen molar-refractivity contribution in [1.29, 1.82) is 0 Å². The number of unbranched alkanes of at least 4 members (excludes halogenated alkanes) is 19. The molecule has 0 heterocycles. The Balaban J connectivity index is 5.39. The maximum absolute atomic E-state index is 13.6. The molecule has 0 saturated heterocycles. The standard InChI is InChI=1S/C69H117N2O7P/c1-7-10-13-16-19-22-25-28-30-32-34-35-37-39-41-44-47-50-53-56-59-62-69(73)78-67(60-57-54-51-48-45-42-27-24-21-18-15-12-9-3)66(65-77-79(74,75)76-64-63-71(4,5)6)70-68(72)61-58-55-52-49-46-43-40-38-36-33-31-29-26-23-20-17-14-11-8-2/h10-11,13-14,19-20,22-23,28-31,34-36,38-39,41,43,46,57,60,66-67H,7-9,12,15-18,21,24-27,32-33,37,40,42,44-45,47-56,58-59,61-65H2,1-6H3,(H-,70,72,74,75)/p+1/b13-10-,14-11-,22-19-,23-20-,30-28-,31-29-,35-34-,38-36-,41-39-,46-43-,60-57+. The molecule has 79 heavy (non-hydrogen) atoms. The molecule has 450 valence electrons. The molecular weight excluding hydrogens is 1000 g/mol. The number of esters is 1. The number of hydrogen-bond acceptors (Lipinski definition) is 6. The van der Waals surface area contributed by atoms with Crippen LogP contribution in [0.5, 0.6) is 0 Å². The largest absolute Gasteiger partial charge is 0.472 e. The monoisotopic (exact) mass is 1120 g/mol. The Bertz CT molecular complexity index is 1810. The Morgan fingerprint density at radius 2 is 0.810 bits per heavy atom. The summed E-state index contributed by atoms with van der Waals surface area (Å²) in [5, 5.41) is 3.03. The Morgan fingerprint density at radius 3 is 1.23 bits per heavy atom. The van der Waals surface area contributed by atoms with Crippen molar-refractivity contribution in [3.8, 4) is 0 Å². The third-order valence-electron chi connectivity index (χ3n) is 13.1. The molecule has 0 aliphatic carbocycles. The van der Waals surface area contributed by atoms with E-state index in [1.165, 1.54) is 57.8 Å². The molecule has 0 bridgehead atoms. The summed E-state index contributed by atoms with van der Waals surface area (Å²) in [6, 6.07) is -0.884. The van der Waals surface area contributed by atoms with Crippen LogP contribution < -0.4 is 5.32 Å². The number of likely N-dealkylation sites (N-methyl/N-ethyl adjacent to an activating group) is 1. The molecular formula is C69H118N2O7P+. The lowest BCUT2D eigenvalue weighted by molar-refractivity contribution is -0.870. The number of hydrogen-bond donors (Lipinski definition) is 2. The number of nitrogens with one attached hydrogen (secondary N) is 1. The molecule has 1 amide bonds. The van der Waals surface area contributed by atoms with Crippen molar-refractivity contribution in [2.45, 2.75) is 251 Å². The van der Waals surface area contributed by atoms with E-state index in [0.29, 0.717) is 23.9 Å². The first kappa shape index (κ1) is 75.2. The van der Waals surface area contributed by atoms with E-state index in [0.717, 1.165) is 135 Å². The van der Waals surface area contributed by atoms with Crippen LogP contribution in [0.15, 0.2) is 134 Å². The van der Waals surface area contributed by atoms with Gasteiger partial charge in [0.25, 0.3) is 0 Å². The Morgan fingerprint density at radius 1 is 0.456 bits per heavy atom. The lowest BCUT2D eigenvalue weighted by Gasteiger charge is -2.27. The van der Waals surface area contributed by atoms with Crippen molar-refractivity contribution in [3.63, 3.8) is 0 Å². The van der Waals surface area contributed by atoms with Gasteiger partial charge in [0.2, 0.25) is 5.91 Å².